The fourth-order valence-corrected chi connectivity index (χ4v) is 3.50. The van der Waals surface area contributed by atoms with Crippen molar-refractivity contribution in [2.75, 3.05) is 0 Å². The largest absolute Gasteiger partial charge is 0.369 e. The van der Waals surface area contributed by atoms with Gasteiger partial charge >= 0.3 is 0 Å². The van der Waals surface area contributed by atoms with E-state index in [1.807, 2.05) is 42.5 Å². The van der Waals surface area contributed by atoms with Gasteiger partial charge in [0.1, 0.15) is 0 Å². The lowest BCUT2D eigenvalue weighted by molar-refractivity contribution is 0.0399. The molecule has 140 valence electrons. The van der Waals surface area contributed by atoms with E-state index < -0.39 is 0 Å². The zero-order chi connectivity index (χ0) is 19.2. The molecule has 0 aliphatic heterocycles. The summed E-state index contributed by atoms with van der Waals surface area (Å²) in [6.45, 7) is 0.562. The average Bonchev–Trinajstić information content (AvgIpc) is 3.27. The van der Waals surface area contributed by atoms with E-state index in [0.29, 0.717) is 12.4 Å². The number of rotatable bonds is 7. The van der Waals surface area contributed by atoms with Crippen molar-refractivity contribution in [1.29, 1.82) is 0 Å². The van der Waals surface area contributed by atoms with Crippen LogP contribution in [0.25, 0.3) is 11.4 Å². The summed E-state index contributed by atoms with van der Waals surface area (Å²) in [5.74, 6) is 0.584. The number of ether oxygens (including phenoxy) is 1. The zero-order valence-corrected chi connectivity index (χ0v) is 16.7. The van der Waals surface area contributed by atoms with Gasteiger partial charge in [-0.15, -0.1) is 10.2 Å². The highest BCUT2D eigenvalue weighted by Gasteiger charge is 2.15. The van der Waals surface area contributed by atoms with E-state index in [0.717, 1.165) is 27.6 Å². The van der Waals surface area contributed by atoms with Gasteiger partial charge < -0.3 is 4.74 Å². The van der Waals surface area contributed by atoms with Gasteiger partial charge in [-0.1, -0.05) is 82.7 Å². The molecule has 6 heteroatoms. The Morgan fingerprint density at radius 2 is 1.68 bits per heavy atom. The molecule has 0 bridgehead atoms. The number of aromatic nitrogens is 4. The first-order valence-corrected chi connectivity index (χ1v) is 9.81. The first kappa shape index (κ1) is 18.5. The molecule has 1 heterocycles. The van der Waals surface area contributed by atoms with Crippen LogP contribution in [0.2, 0.25) is 0 Å². The van der Waals surface area contributed by atoms with Crippen LogP contribution in [-0.2, 0) is 17.8 Å². The maximum absolute atomic E-state index is 6.32. The van der Waals surface area contributed by atoms with E-state index in [1.54, 1.807) is 0 Å². The topological polar surface area (TPSA) is 63.7 Å². The molecule has 1 atom stereocenters. The summed E-state index contributed by atoms with van der Waals surface area (Å²) in [5.41, 5.74) is 4.41. The Hall–Kier alpha value is -2.83. The van der Waals surface area contributed by atoms with E-state index in [-0.39, 0.29) is 6.10 Å². The Labute approximate surface area is 171 Å². The summed E-state index contributed by atoms with van der Waals surface area (Å²) in [5, 5.41) is 14.2. The predicted molar refractivity (Wildman–Crippen MR) is 111 cm³/mol. The molecule has 5 nitrogen and oxygen atoms in total. The summed E-state index contributed by atoms with van der Waals surface area (Å²) < 4.78 is 7.39. The minimum Gasteiger partial charge on any atom is -0.369 e. The second-order valence-corrected chi connectivity index (χ2v) is 7.39. The number of aromatic amines is 1. The van der Waals surface area contributed by atoms with Gasteiger partial charge in [0.2, 0.25) is 5.82 Å². The molecule has 1 N–H and O–H groups in total. The first-order valence-electron chi connectivity index (χ1n) is 9.02. The van der Waals surface area contributed by atoms with Gasteiger partial charge in [-0.2, -0.15) is 5.21 Å². The van der Waals surface area contributed by atoms with E-state index in [9.17, 15) is 0 Å². The van der Waals surface area contributed by atoms with Crippen LogP contribution >= 0.6 is 15.9 Å². The molecular weight excluding hydrogens is 416 g/mol. The quantitative estimate of drug-likeness (QED) is 0.437. The van der Waals surface area contributed by atoms with Gasteiger partial charge in [-0.25, -0.2) is 0 Å². The van der Waals surface area contributed by atoms with Crippen molar-refractivity contribution in [1.82, 2.24) is 20.6 Å². The average molecular weight is 435 g/mol. The normalized spacial score (nSPS) is 12.0. The molecule has 4 rings (SSSR count). The van der Waals surface area contributed by atoms with Crippen LogP contribution in [0.3, 0.4) is 0 Å². The van der Waals surface area contributed by atoms with E-state index >= 15 is 0 Å². The van der Waals surface area contributed by atoms with Crippen LogP contribution in [0, 0.1) is 0 Å². The molecule has 0 saturated carbocycles. The number of hydrogen-bond donors (Lipinski definition) is 1. The molecule has 0 spiro atoms. The molecule has 4 aromatic rings. The SMILES string of the molecule is Brc1cccc(CC(OCc2ccccc2)c2ccc(-c3nn[nH]n3)cc2)c1. The fraction of sp³-hybridized carbons (Fsp3) is 0.136. The Balaban J connectivity index is 1.56. The lowest BCUT2D eigenvalue weighted by Crippen LogP contribution is -2.08. The molecule has 0 aliphatic rings. The van der Waals surface area contributed by atoms with Crippen LogP contribution in [0.15, 0.2) is 83.3 Å². The summed E-state index contributed by atoms with van der Waals surface area (Å²) in [6.07, 6.45) is 0.724. The number of H-pyrrole nitrogens is 1. The van der Waals surface area contributed by atoms with Gasteiger partial charge in [-0.05, 0) is 34.0 Å². The van der Waals surface area contributed by atoms with Gasteiger partial charge in [0.15, 0.2) is 0 Å². The maximum Gasteiger partial charge on any atom is 0.204 e. The Bertz CT molecular complexity index is 1000. The van der Waals surface area contributed by atoms with E-state index in [2.05, 4.69) is 73.0 Å². The maximum atomic E-state index is 6.32. The molecule has 0 amide bonds. The second kappa shape index (κ2) is 8.91. The Kier molecular flexibility index (Phi) is 5.89. The van der Waals surface area contributed by atoms with Crippen LogP contribution in [-0.4, -0.2) is 20.6 Å². The molecule has 0 fully saturated rings. The molecular formula is C22H19BrN4O. The summed E-state index contributed by atoms with van der Waals surface area (Å²) in [6, 6.07) is 26.7. The highest BCUT2D eigenvalue weighted by Crippen LogP contribution is 2.27. The highest BCUT2D eigenvalue weighted by atomic mass is 79.9. The molecule has 0 aliphatic carbocycles. The summed E-state index contributed by atoms with van der Waals surface area (Å²) in [7, 11) is 0. The Morgan fingerprint density at radius 3 is 2.39 bits per heavy atom. The van der Waals surface area contributed by atoms with Crippen molar-refractivity contribution in [2.45, 2.75) is 19.1 Å². The molecule has 3 aromatic carbocycles. The van der Waals surface area contributed by atoms with Gasteiger partial charge in [0, 0.05) is 16.5 Å². The van der Waals surface area contributed by atoms with Crippen LogP contribution in [0.5, 0.6) is 0 Å². The Morgan fingerprint density at radius 1 is 0.893 bits per heavy atom. The smallest absolute Gasteiger partial charge is 0.204 e. The number of nitrogens with zero attached hydrogens (tertiary/aromatic N) is 3. The number of tetrazole rings is 1. The third-order valence-electron chi connectivity index (χ3n) is 4.49. The van der Waals surface area contributed by atoms with Crippen molar-refractivity contribution >= 4 is 15.9 Å². The lowest BCUT2D eigenvalue weighted by atomic mass is 10.00. The van der Waals surface area contributed by atoms with Gasteiger partial charge in [0.05, 0.1) is 12.7 Å². The number of nitrogens with one attached hydrogen (secondary N) is 1. The summed E-state index contributed by atoms with van der Waals surface area (Å²) in [4.78, 5) is 0. The van der Waals surface area contributed by atoms with Gasteiger partial charge in [-0.3, -0.25) is 0 Å². The van der Waals surface area contributed by atoms with Crippen molar-refractivity contribution < 1.29 is 4.74 Å². The molecule has 0 radical (unpaired) electrons. The zero-order valence-electron chi connectivity index (χ0n) is 15.1. The lowest BCUT2D eigenvalue weighted by Gasteiger charge is -2.19. The van der Waals surface area contributed by atoms with E-state index in [4.69, 9.17) is 4.74 Å². The number of halogens is 1. The highest BCUT2D eigenvalue weighted by molar-refractivity contribution is 9.10. The van der Waals surface area contributed by atoms with Crippen molar-refractivity contribution in [3.05, 3.63) is 100 Å². The summed E-state index contributed by atoms with van der Waals surface area (Å²) >= 11 is 3.55. The molecule has 28 heavy (non-hydrogen) atoms. The molecule has 1 aromatic heterocycles. The first-order chi connectivity index (χ1) is 13.8. The second-order valence-electron chi connectivity index (χ2n) is 6.48. The van der Waals surface area contributed by atoms with E-state index in [1.165, 1.54) is 5.56 Å². The minimum atomic E-state index is -0.0613. The minimum absolute atomic E-state index is 0.0613. The fourth-order valence-electron chi connectivity index (χ4n) is 3.05. The monoisotopic (exact) mass is 434 g/mol. The van der Waals surface area contributed by atoms with Crippen molar-refractivity contribution in [3.63, 3.8) is 0 Å². The third kappa shape index (κ3) is 4.71. The number of hydrogen-bond acceptors (Lipinski definition) is 4. The number of benzene rings is 3. The third-order valence-corrected chi connectivity index (χ3v) is 4.98. The van der Waals surface area contributed by atoms with Crippen LogP contribution in [0.1, 0.15) is 22.8 Å². The van der Waals surface area contributed by atoms with Crippen molar-refractivity contribution in [3.8, 4) is 11.4 Å². The van der Waals surface area contributed by atoms with Crippen LogP contribution in [0.4, 0.5) is 0 Å². The molecule has 0 saturated heterocycles. The van der Waals surface area contributed by atoms with Crippen molar-refractivity contribution in [2.24, 2.45) is 0 Å². The van der Waals surface area contributed by atoms with Crippen LogP contribution < -0.4 is 0 Å². The predicted octanol–water partition coefficient (Wildman–Crippen LogP) is 5.13. The van der Waals surface area contributed by atoms with Gasteiger partial charge in [0.25, 0.3) is 0 Å². The standard InChI is InChI=1S/C22H19BrN4O/c23-20-8-4-7-17(13-20)14-21(28-15-16-5-2-1-3-6-16)18-9-11-19(12-10-18)22-24-26-27-25-22/h1-13,21H,14-15H2,(H,24,25,26,27). The molecule has 1 unspecified atom stereocenters.